The number of hydrogen-bond acceptors (Lipinski definition) is 8. The third-order valence-electron chi connectivity index (χ3n) is 10.9. The van der Waals surface area contributed by atoms with Crippen LogP contribution in [0.4, 0.5) is 0 Å². The van der Waals surface area contributed by atoms with Crippen LogP contribution in [0, 0.1) is 0 Å². The van der Waals surface area contributed by atoms with Crippen molar-refractivity contribution in [1.82, 2.24) is 0 Å². The molecule has 0 aromatic carbocycles. The maximum atomic E-state index is 12.6. The molecule has 0 aromatic heterocycles. The highest BCUT2D eigenvalue weighted by Crippen LogP contribution is 2.43. The molecule has 9 nitrogen and oxygen atoms in total. The minimum Gasteiger partial charge on any atom is -0.457 e. The molecular weight excluding hydrogens is 764 g/mol. The van der Waals surface area contributed by atoms with Crippen molar-refractivity contribution in [3.63, 3.8) is 0 Å². The molecule has 3 N–H and O–H groups in total. The number of carbonyl (C=O) groups is 1. The van der Waals surface area contributed by atoms with E-state index in [2.05, 4.69) is 38.2 Å². The summed E-state index contributed by atoms with van der Waals surface area (Å²) in [7, 11) is -4.52. The Morgan fingerprint density at radius 1 is 0.525 bits per heavy atom. The second kappa shape index (κ2) is 46.4. The summed E-state index contributed by atoms with van der Waals surface area (Å²) in [6.45, 7) is 3.53. The lowest BCUT2D eigenvalue weighted by atomic mass is 10.0. The van der Waals surface area contributed by atoms with E-state index in [0.29, 0.717) is 13.0 Å². The zero-order valence-corrected chi connectivity index (χ0v) is 39.4. The van der Waals surface area contributed by atoms with Gasteiger partial charge in [-0.2, -0.15) is 0 Å². The number of carbonyl (C=O) groups excluding carboxylic acids is 1. The van der Waals surface area contributed by atoms with Crippen LogP contribution in [0.25, 0.3) is 0 Å². The molecule has 0 aliphatic heterocycles. The Labute approximate surface area is 363 Å². The molecule has 0 bridgehead atoms. The van der Waals surface area contributed by atoms with E-state index in [-0.39, 0.29) is 19.6 Å². The van der Waals surface area contributed by atoms with Gasteiger partial charge in [0, 0.05) is 13.0 Å². The maximum absolute atomic E-state index is 12.6. The lowest BCUT2D eigenvalue weighted by molar-refractivity contribution is -0.154. The number of rotatable bonds is 48. The summed E-state index contributed by atoms with van der Waals surface area (Å²) in [5.41, 5.74) is 0. The largest absolute Gasteiger partial charge is 0.472 e. The Morgan fingerprint density at radius 3 is 1.37 bits per heavy atom. The Bertz CT molecular complexity index is 975. The highest BCUT2D eigenvalue weighted by atomic mass is 31.2. The van der Waals surface area contributed by atoms with E-state index in [9.17, 15) is 19.4 Å². The van der Waals surface area contributed by atoms with E-state index < -0.39 is 39.2 Å². The zero-order chi connectivity index (χ0) is 43.2. The van der Waals surface area contributed by atoms with Gasteiger partial charge in [-0.25, -0.2) is 4.57 Å². The molecule has 59 heavy (non-hydrogen) atoms. The molecule has 10 heteroatoms. The molecule has 3 unspecified atom stereocenters. The number of esters is 1. The zero-order valence-electron chi connectivity index (χ0n) is 38.5. The van der Waals surface area contributed by atoms with Gasteiger partial charge in [-0.1, -0.05) is 212 Å². The third-order valence-corrected chi connectivity index (χ3v) is 11.8. The molecule has 0 spiro atoms. The van der Waals surface area contributed by atoms with Gasteiger partial charge in [-0.05, 0) is 44.9 Å². The van der Waals surface area contributed by atoms with Crippen molar-refractivity contribution in [3.05, 3.63) is 24.3 Å². The first-order chi connectivity index (χ1) is 28.8. The fourth-order valence-corrected chi connectivity index (χ4v) is 7.88. The fourth-order valence-electron chi connectivity index (χ4n) is 7.09. The maximum Gasteiger partial charge on any atom is 0.472 e. The van der Waals surface area contributed by atoms with Crippen LogP contribution < -0.4 is 0 Å². The van der Waals surface area contributed by atoms with Gasteiger partial charge in [-0.3, -0.25) is 13.8 Å². The lowest BCUT2D eigenvalue weighted by Gasteiger charge is -2.20. The molecule has 0 saturated carbocycles. The monoisotopic (exact) mass is 859 g/mol. The molecule has 3 atom stereocenters. The number of aliphatic hydroxyl groups excluding tert-OH is 2. The topological polar surface area (TPSA) is 132 Å². The number of ether oxygens (including phenoxy) is 2. The molecule has 0 rings (SSSR count). The average Bonchev–Trinajstić information content (AvgIpc) is 3.23. The van der Waals surface area contributed by atoms with Crippen LogP contribution in [0.15, 0.2) is 24.3 Å². The first kappa shape index (κ1) is 57.9. The van der Waals surface area contributed by atoms with Gasteiger partial charge in [0.15, 0.2) is 0 Å². The van der Waals surface area contributed by atoms with E-state index in [1.54, 1.807) is 0 Å². The molecular formula is C49H95O9P. The van der Waals surface area contributed by atoms with E-state index in [0.717, 1.165) is 51.4 Å². The fraction of sp³-hybridized carbons (Fsp3) is 0.898. The van der Waals surface area contributed by atoms with Crippen molar-refractivity contribution in [1.29, 1.82) is 0 Å². The Morgan fingerprint density at radius 2 is 0.915 bits per heavy atom. The molecule has 0 heterocycles. The van der Waals surface area contributed by atoms with E-state index in [4.69, 9.17) is 23.6 Å². The van der Waals surface area contributed by atoms with Crippen molar-refractivity contribution in [2.24, 2.45) is 0 Å². The molecule has 350 valence electrons. The quantitative estimate of drug-likeness (QED) is 0.0237. The molecule has 0 aromatic rings. The number of phosphoric acid groups is 1. The van der Waals surface area contributed by atoms with Crippen molar-refractivity contribution in [3.8, 4) is 0 Å². The average molecular weight is 859 g/mol. The van der Waals surface area contributed by atoms with E-state index in [1.165, 1.54) is 161 Å². The van der Waals surface area contributed by atoms with Crippen molar-refractivity contribution >= 4 is 13.8 Å². The van der Waals surface area contributed by atoms with Crippen LogP contribution in [0.3, 0.4) is 0 Å². The van der Waals surface area contributed by atoms with E-state index in [1.807, 2.05) is 0 Å². The van der Waals surface area contributed by atoms with Gasteiger partial charge in [0.25, 0.3) is 0 Å². The molecule has 0 aliphatic carbocycles. The van der Waals surface area contributed by atoms with Gasteiger partial charge in [0.05, 0.1) is 26.4 Å². The summed E-state index contributed by atoms with van der Waals surface area (Å²) in [4.78, 5) is 22.6. The highest BCUT2D eigenvalue weighted by molar-refractivity contribution is 7.47. The summed E-state index contributed by atoms with van der Waals surface area (Å²) >= 11 is 0. The smallest absolute Gasteiger partial charge is 0.457 e. The predicted octanol–water partition coefficient (Wildman–Crippen LogP) is 14.2. The summed E-state index contributed by atoms with van der Waals surface area (Å²) in [5.74, 6) is -0.391. The summed E-state index contributed by atoms with van der Waals surface area (Å²) in [6, 6.07) is 0. The summed E-state index contributed by atoms with van der Waals surface area (Å²) in [6.07, 6.45) is 50.0. The van der Waals surface area contributed by atoms with Gasteiger partial charge >= 0.3 is 13.8 Å². The number of hydrogen-bond donors (Lipinski definition) is 3. The van der Waals surface area contributed by atoms with E-state index >= 15 is 0 Å². The molecule has 0 fully saturated rings. The highest BCUT2D eigenvalue weighted by Gasteiger charge is 2.26. The number of phosphoric ester groups is 1. The van der Waals surface area contributed by atoms with Crippen LogP contribution in [0.5, 0.6) is 0 Å². The second-order valence-electron chi connectivity index (χ2n) is 16.8. The molecule has 0 saturated heterocycles. The normalized spacial score (nSPS) is 14.1. The Balaban J connectivity index is 4.05. The SMILES string of the molecule is CCCCCC/C=C\C/C=C\CCCCCCCC(=O)OC(COCCCCCCCCCCCCCCCCCCCCCCCC)COP(=O)(O)OCC(O)CO. The second-order valence-corrected chi connectivity index (χ2v) is 18.3. The molecule has 0 radical (unpaired) electrons. The third kappa shape index (κ3) is 46.3. The Hall–Kier alpha value is -1.06. The molecule has 0 aliphatic rings. The molecule has 0 amide bonds. The van der Waals surface area contributed by atoms with Crippen molar-refractivity contribution in [2.45, 2.75) is 251 Å². The number of allylic oxidation sites excluding steroid dienone is 4. The lowest BCUT2D eigenvalue weighted by Crippen LogP contribution is -2.29. The van der Waals surface area contributed by atoms with Gasteiger partial charge in [0.2, 0.25) is 0 Å². The first-order valence-electron chi connectivity index (χ1n) is 24.8. The van der Waals surface area contributed by atoms with Crippen molar-refractivity contribution < 1.29 is 43.0 Å². The van der Waals surface area contributed by atoms with Crippen molar-refractivity contribution in [2.75, 3.05) is 33.0 Å². The summed E-state index contributed by atoms with van der Waals surface area (Å²) < 4.78 is 33.5. The summed E-state index contributed by atoms with van der Waals surface area (Å²) in [5, 5.41) is 18.4. The minimum atomic E-state index is -4.52. The Kier molecular flexibility index (Phi) is 45.6. The number of unbranched alkanes of at least 4 members (excludes halogenated alkanes) is 30. The first-order valence-corrected chi connectivity index (χ1v) is 26.3. The predicted molar refractivity (Wildman–Crippen MR) is 247 cm³/mol. The van der Waals surface area contributed by atoms with Crippen LogP contribution >= 0.6 is 7.82 Å². The standard InChI is InChI=1S/C49H95O9P/c1-3-5-7-9-11-13-15-17-19-21-22-23-24-25-26-28-30-32-34-36-38-40-42-55-45-48(46-57-59(53,54)56-44-47(51)43-50)58-49(52)41-39-37-35-33-31-29-27-20-18-16-14-12-10-8-6-4-2/h14,16,20,27,47-48,50-51H,3-13,15,17-19,21-26,28-46H2,1-2H3,(H,53,54)/b16-14-,27-20-. The number of aliphatic hydroxyl groups is 2. The van der Waals surface area contributed by atoms with Gasteiger partial charge in [0.1, 0.15) is 12.2 Å². The van der Waals surface area contributed by atoms with Crippen LogP contribution in [0.1, 0.15) is 239 Å². The van der Waals surface area contributed by atoms with Crippen LogP contribution in [-0.4, -0.2) is 66.3 Å². The van der Waals surface area contributed by atoms with Gasteiger partial charge in [-0.15, -0.1) is 0 Å². The van der Waals surface area contributed by atoms with Gasteiger partial charge < -0.3 is 24.6 Å². The minimum absolute atomic E-state index is 0.0481. The van der Waals surface area contributed by atoms with Crippen LogP contribution in [0.2, 0.25) is 0 Å². The van der Waals surface area contributed by atoms with Crippen LogP contribution in [-0.2, 0) is 27.9 Å².